The summed E-state index contributed by atoms with van der Waals surface area (Å²) >= 11 is 0. The van der Waals surface area contributed by atoms with E-state index in [1.807, 2.05) is 0 Å². The van der Waals surface area contributed by atoms with Crippen molar-refractivity contribution in [2.24, 2.45) is 39.8 Å². The highest BCUT2D eigenvalue weighted by molar-refractivity contribution is 6.17. The normalized spacial score (nSPS) is 30.9. The van der Waals surface area contributed by atoms with E-state index >= 15 is 0 Å². The van der Waals surface area contributed by atoms with Crippen LogP contribution in [0.2, 0.25) is 0 Å². The molecule has 4 saturated carbocycles. The number of rotatable bonds is 8. The molecule has 41 heavy (non-hydrogen) atoms. The topological polar surface area (TPSA) is 206 Å². The molecule has 4 aliphatic carbocycles. The predicted octanol–water partition coefficient (Wildman–Crippen LogP) is 0.646. The summed E-state index contributed by atoms with van der Waals surface area (Å²) < 4.78 is 0. The first-order valence-electron chi connectivity index (χ1n) is 13.7. The second-order valence-electron chi connectivity index (χ2n) is 12.1. The van der Waals surface area contributed by atoms with Crippen LogP contribution in [0.25, 0.3) is 0 Å². The van der Waals surface area contributed by atoms with Crippen LogP contribution in [0, 0.1) is 23.2 Å². The standard InChI is InChI=1S/C28H34N6O7/c1-27(19-4-2-15(3-5-19)13-31-30)24(39)33(26(41)32-27)14-21(35)34(23(38)20(29)9-22(36)37)25(40)28-10-16-6-17(11-28)8-18(7-16)12-28/h2-5,13,16-18,20H,6-12,14,29-30H2,1H3,(H,32,41)(H,36,37)/t16?,17?,18?,20-,27+,28?/m0/s1. The molecule has 218 valence electrons. The Kier molecular flexibility index (Phi) is 7.18. The van der Waals surface area contributed by atoms with Gasteiger partial charge in [-0.2, -0.15) is 5.10 Å². The number of nitrogens with two attached hydrogens (primary N) is 2. The number of carbonyl (C=O) groups excluding carboxylic acids is 5. The predicted molar refractivity (Wildman–Crippen MR) is 144 cm³/mol. The molecule has 5 fully saturated rings. The molecule has 1 aromatic carbocycles. The van der Waals surface area contributed by atoms with E-state index < -0.39 is 65.6 Å². The molecule has 4 bridgehead atoms. The van der Waals surface area contributed by atoms with Gasteiger partial charge in [-0.3, -0.25) is 28.9 Å². The molecule has 6 rings (SSSR count). The Morgan fingerprint density at radius 3 is 2.17 bits per heavy atom. The lowest BCUT2D eigenvalue weighted by atomic mass is 9.49. The minimum absolute atomic E-state index is 0.319. The summed E-state index contributed by atoms with van der Waals surface area (Å²) in [5, 5.41) is 15.2. The maximum Gasteiger partial charge on any atom is 0.325 e. The van der Waals surface area contributed by atoms with E-state index in [4.69, 9.17) is 11.6 Å². The van der Waals surface area contributed by atoms with Crippen molar-refractivity contribution in [2.75, 3.05) is 6.54 Å². The molecule has 2 atom stereocenters. The highest BCUT2D eigenvalue weighted by Crippen LogP contribution is 2.60. The summed E-state index contributed by atoms with van der Waals surface area (Å²) in [5.74, 6) is 1.06. The van der Waals surface area contributed by atoms with Crippen LogP contribution in [0.4, 0.5) is 4.79 Å². The Morgan fingerprint density at radius 2 is 1.66 bits per heavy atom. The lowest BCUT2D eigenvalue weighted by molar-refractivity contribution is -0.170. The van der Waals surface area contributed by atoms with Gasteiger partial charge in [0.25, 0.3) is 17.7 Å². The number of carbonyl (C=O) groups is 6. The van der Waals surface area contributed by atoms with Crippen LogP contribution in [0.5, 0.6) is 0 Å². The molecule has 0 spiro atoms. The molecule has 0 radical (unpaired) electrons. The zero-order chi connectivity index (χ0) is 29.7. The number of carboxylic acid groups (broad SMARTS) is 1. The first-order chi connectivity index (χ1) is 19.4. The third-order valence-corrected chi connectivity index (χ3v) is 9.16. The van der Waals surface area contributed by atoms with Crippen LogP contribution in [-0.2, 0) is 29.5 Å². The SMILES string of the molecule is C[C@]1(c2ccc(C=NN)cc2)NC(=O)N(CC(=O)N(C(=O)[C@@H](N)CC(=O)O)C(=O)C23CC4CC(CC(C4)C2)C3)C1=O. The number of carboxylic acids is 1. The molecule has 6 N–H and O–H groups in total. The molecule has 1 aromatic rings. The Morgan fingerprint density at radius 1 is 1.10 bits per heavy atom. The third kappa shape index (κ3) is 4.98. The zero-order valence-electron chi connectivity index (χ0n) is 22.7. The van der Waals surface area contributed by atoms with Crippen molar-refractivity contribution in [1.82, 2.24) is 15.1 Å². The minimum Gasteiger partial charge on any atom is -0.481 e. The van der Waals surface area contributed by atoms with E-state index in [-0.39, 0.29) is 0 Å². The molecule has 5 aliphatic rings. The fourth-order valence-electron chi connectivity index (χ4n) is 7.62. The van der Waals surface area contributed by atoms with Gasteiger partial charge in [-0.1, -0.05) is 24.3 Å². The number of nitrogens with zero attached hydrogens (tertiary/aromatic N) is 3. The summed E-state index contributed by atoms with van der Waals surface area (Å²) in [6, 6.07) is 3.99. The van der Waals surface area contributed by atoms with E-state index in [0.717, 1.165) is 19.3 Å². The smallest absolute Gasteiger partial charge is 0.325 e. The van der Waals surface area contributed by atoms with E-state index in [1.165, 1.54) is 13.1 Å². The Hall–Kier alpha value is -4.13. The number of hydrazone groups is 1. The summed E-state index contributed by atoms with van der Waals surface area (Å²) in [5.41, 5.74) is 4.50. The maximum absolute atomic E-state index is 14.1. The molecule has 1 heterocycles. The van der Waals surface area contributed by atoms with Gasteiger partial charge in [0.1, 0.15) is 12.1 Å². The molecule has 13 nitrogen and oxygen atoms in total. The molecule has 1 aliphatic heterocycles. The van der Waals surface area contributed by atoms with Gasteiger partial charge in [0.05, 0.1) is 24.1 Å². The average Bonchev–Trinajstić information content (AvgIpc) is 3.11. The third-order valence-electron chi connectivity index (χ3n) is 9.16. The van der Waals surface area contributed by atoms with Crippen LogP contribution >= 0.6 is 0 Å². The van der Waals surface area contributed by atoms with Gasteiger partial charge < -0.3 is 22.0 Å². The molecule has 0 aromatic heterocycles. The van der Waals surface area contributed by atoms with Crippen LogP contribution in [0.3, 0.4) is 0 Å². The number of urea groups is 1. The number of benzene rings is 1. The van der Waals surface area contributed by atoms with Crippen molar-refractivity contribution in [3.63, 3.8) is 0 Å². The fraction of sp³-hybridized carbons (Fsp3) is 0.536. The second-order valence-corrected chi connectivity index (χ2v) is 12.1. The number of hydrogen-bond acceptors (Lipinski definition) is 9. The molecular weight excluding hydrogens is 532 g/mol. The van der Waals surface area contributed by atoms with E-state index in [1.54, 1.807) is 24.3 Å². The first-order valence-corrected chi connectivity index (χ1v) is 13.7. The zero-order valence-corrected chi connectivity index (χ0v) is 22.7. The maximum atomic E-state index is 14.1. The van der Waals surface area contributed by atoms with Gasteiger partial charge in [0, 0.05) is 0 Å². The van der Waals surface area contributed by atoms with Gasteiger partial charge in [0.15, 0.2) is 0 Å². The van der Waals surface area contributed by atoms with Crippen molar-refractivity contribution in [2.45, 2.75) is 63.5 Å². The molecule has 13 heteroatoms. The summed E-state index contributed by atoms with van der Waals surface area (Å²) in [6.45, 7) is 0.595. The second kappa shape index (κ2) is 10.4. The van der Waals surface area contributed by atoms with Crippen LogP contribution < -0.4 is 16.9 Å². The van der Waals surface area contributed by atoms with Gasteiger partial charge >= 0.3 is 12.0 Å². The van der Waals surface area contributed by atoms with Crippen molar-refractivity contribution < 1.29 is 33.9 Å². The summed E-state index contributed by atoms with van der Waals surface area (Å²) in [4.78, 5) is 80.0. The highest BCUT2D eigenvalue weighted by atomic mass is 16.4. The summed E-state index contributed by atoms with van der Waals surface area (Å²) in [7, 11) is 0. The van der Waals surface area contributed by atoms with Crippen molar-refractivity contribution >= 4 is 41.8 Å². The fourth-order valence-corrected chi connectivity index (χ4v) is 7.62. The quantitative estimate of drug-likeness (QED) is 0.151. The van der Waals surface area contributed by atoms with Gasteiger partial charge in [0.2, 0.25) is 5.91 Å². The number of hydrogen-bond donors (Lipinski definition) is 4. The van der Waals surface area contributed by atoms with Gasteiger partial charge in [-0.25, -0.2) is 9.69 Å². The number of aliphatic carboxylic acids is 1. The van der Waals surface area contributed by atoms with Crippen molar-refractivity contribution in [3.8, 4) is 0 Å². The lowest BCUT2D eigenvalue weighted by Crippen LogP contribution is -2.61. The number of amides is 6. The minimum atomic E-state index is -1.65. The number of nitrogens with one attached hydrogen (secondary N) is 1. The Bertz CT molecular complexity index is 1310. The van der Waals surface area contributed by atoms with E-state index in [0.29, 0.717) is 57.9 Å². The monoisotopic (exact) mass is 566 g/mol. The lowest BCUT2D eigenvalue weighted by Gasteiger charge is -2.56. The van der Waals surface area contributed by atoms with Crippen LogP contribution in [0.1, 0.15) is 63.0 Å². The highest BCUT2D eigenvalue weighted by Gasteiger charge is 2.58. The van der Waals surface area contributed by atoms with Crippen molar-refractivity contribution in [3.05, 3.63) is 35.4 Å². The van der Waals surface area contributed by atoms with E-state index in [9.17, 15) is 33.9 Å². The molecule has 1 saturated heterocycles. The van der Waals surface area contributed by atoms with Crippen LogP contribution in [0.15, 0.2) is 29.4 Å². The van der Waals surface area contributed by atoms with Gasteiger partial charge in [-0.15, -0.1) is 0 Å². The molecule has 0 unspecified atom stereocenters. The van der Waals surface area contributed by atoms with Gasteiger partial charge in [-0.05, 0) is 74.3 Å². The first kappa shape index (κ1) is 28.4. The summed E-state index contributed by atoms with van der Waals surface area (Å²) in [6.07, 6.45) is 5.26. The van der Waals surface area contributed by atoms with Crippen molar-refractivity contribution in [1.29, 1.82) is 0 Å². The van der Waals surface area contributed by atoms with Crippen LogP contribution in [-0.4, -0.2) is 69.3 Å². The molecular formula is C28H34N6O7. The van der Waals surface area contributed by atoms with E-state index in [2.05, 4.69) is 10.4 Å². The Labute approximate surface area is 236 Å². The molecule has 6 amide bonds. The Balaban J connectivity index is 1.41. The largest absolute Gasteiger partial charge is 0.481 e. The number of imide groups is 4. The average molecular weight is 567 g/mol.